The molecule has 0 unspecified atom stereocenters. The van der Waals surface area contributed by atoms with E-state index in [0.29, 0.717) is 0 Å². The number of rotatable bonds is 4. The number of benzene rings is 6. The molecule has 0 saturated carbocycles. The first kappa shape index (κ1) is 33.0. The van der Waals surface area contributed by atoms with Crippen LogP contribution in [0.4, 0.5) is 0 Å². The van der Waals surface area contributed by atoms with Crippen LogP contribution in [-0.2, 0) is 0 Å². The van der Waals surface area contributed by atoms with E-state index in [0.717, 1.165) is 11.4 Å². The van der Waals surface area contributed by atoms with Gasteiger partial charge in [-0.15, -0.1) is 11.3 Å². The van der Waals surface area contributed by atoms with Crippen LogP contribution >= 0.6 is 58.4 Å². The second-order valence-corrected chi connectivity index (χ2v) is 19.9. The third kappa shape index (κ3) is 5.16. The zero-order chi connectivity index (χ0) is 37.2. The van der Waals surface area contributed by atoms with Gasteiger partial charge in [-0.2, -0.15) is 10.2 Å². The molecule has 0 N–H and O–H groups in total. The van der Waals surface area contributed by atoms with E-state index in [-0.39, 0.29) is 13.4 Å². The highest BCUT2D eigenvalue weighted by Crippen LogP contribution is 2.42. The average molecular weight is 817 g/mol. The molecule has 0 bridgehead atoms. The Hall–Kier alpha value is -5.03. The highest BCUT2D eigenvalue weighted by molar-refractivity contribution is 8.02. The molecular formula is C46H26B2N4S5. The molecule has 7 heterocycles. The van der Waals surface area contributed by atoms with Crippen LogP contribution in [0, 0.1) is 0 Å². The van der Waals surface area contributed by atoms with Crippen molar-refractivity contribution < 1.29 is 0 Å². The Kier molecular flexibility index (Phi) is 7.37. The smallest absolute Gasteiger partial charge is 0.241 e. The van der Waals surface area contributed by atoms with Crippen LogP contribution in [0.5, 0.6) is 0 Å². The summed E-state index contributed by atoms with van der Waals surface area (Å²) in [6.45, 7) is 0.323. The third-order valence-electron chi connectivity index (χ3n) is 11.5. The second-order valence-electron chi connectivity index (χ2n) is 14.7. The summed E-state index contributed by atoms with van der Waals surface area (Å²) in [6.07, 6.45) is 7.75. The minimum absolute atomic E-state index is 0.161. The number of fused-ring (bicyclic) bond motifs is 8. The van der Waals surface area contributed by atoms with Gasteiger partial charge in [0.15, 0.2) is 0 Å². The Morgan fingerprint density at radius 3 is 1.35 bits per heavy atom. The molecule has 0 spiro atoms. The van der Waals surface area contributed by atoms with E-state index in [2.05, 4.69) is 131 Å². The predicted octanol–water partition coefficient (Wildman–Crippen LogP) is 8.34. The minimum Gasteiger partial charge on any atom is -0.241 e. The lowest BCUT2D eigenvalue weighted by Crippen LogP contribution is -2.58. The van der Waals surface area contributed by atoms with Gasteiger partial charge in [-0.3, -0.25) is 0 Å². The molecule has 0 atom stereocenters. The van der Waals surface area contributed by atoms with Crippen molar-refractivity contribution in [2.75, 3.05) is 0 Å². The van der Waals surface area contributed by atoms with Crippen molar-refractivity contribution in [2.24, 2.45) is 0 Å². The van der Waals surface area contributed by atoms with Crippen molar-refractivity contribution in [3.8, 4) is 32.9 Å². The Bertz CT molecular complexity index is 2890. The minimum atomic E-state index is 0.161. The van der Waals surface area contributed by atoms with Crippen LogP contribution in [0.3, 0.4) is 0 Å². The van der Waals surface area contributed by atoms with Crippen molar-refractivity contribution in [3.05, 3.63) is 158 Å². The van der Waals surface area contributed by atoms with Crippen LogP contribution in [0.2, 0.25) is 0 Å². The molecule has 0 fully saturated rings. The van der Waals surface area contributed by atoms with E-state index >= 15 is 0 Å². The number of nitrogens with zero attached hydrogens (tertiary/aromatic N) is 4. The first-order chi connectivity index (χ1) is 28.2. The maximum absolute atomic E-state index is 4.56. The van der Waals surface area contributed by atoms with Gasteiger partial charge >= 0.3 is 0 Å². The predicted molar refractivity (Wildman–Crippen MR) is 241 cm³/mol. The van der Waals surface area contributed by atoms with Gasteiger partial charge in [-0.25, -0.2) is 9.36 Å². The lowest BCUT2D eigenvalue weighted by molar-refractivity contribution is 0.880. The molecule has 13 rings (SSSR count). The molecule has 9 aromatic rings. The molecule has 0 amide bonds. The maximum atomic E-state index is 4.56. The van der Waals surface area contributed by atoms with Gasteiger partial charge in [0.05, 0.1) is 11.4 Å². The molecular weight excluding hydrogens is 790 g/mol. The standard InChI is InChI=1S/C46H26B2N4S5/c1-5-40-45-42(7-1)56-38-15-11-30(51-19-3-17-49-51)24-34(38)47(45)32-21-27(9-13-36(32)54-40)29-23-44(53-26-29)28-10-14-37-33(22-28)48-35-25-31(52-20-4-18-50-52)12-16-39(35)57-43-8-2-6-41(55-37)46(43)48/h1-26H. The zero-order valence-electron chi connectivity index (χ0n) is 30.0. The second kappa shape index (κ2) is 12.7. The monoisotopic (exact) mass is 816 g/mol. The fourth-order valence-corrected chi connectivity index (χ4v) is 14.6. The first-order valence-electron chi connectivity index (χ1n) is 18.8. The lowest BCUT2D eigenvalue weighted by atomic mass is 9.36. The lowest BCUT2D eigenvalue weighted by Gasteiger charge is -2.33. The Morgan fingerprint density at radius 2 is 0.860 bits per heavy atom. The first-order valence-corrected chi connectivity index (χ1v) is 23.0. The van der Waals surface area contributed by atoms with E-state index in [1.165, 1.54) is 93.5 Å². The van der Waals surface area contributed by atoms with E-state index in [1.807, 2.05) is 105 Å². The fraction of sp³-hybridized carbons (Fsp3) is 0. The zero-order valence-corrected chi connectivity index (χ0v) is 34.1. The number of thiophene rings is 1. The van der Waals surface area contributed by atoms with Crippen LogP contribution in [-0.4, -0.2) is 33.0 Å². The van der Waals surface area contributed by atoms with Crippen LogP contribution in [0.1, 0.15) is 0 Å². The maximum Gasteiger partial charge on any atom is 0.247 e. The molecule has 4 aliphatic heterocycles. The molecule has 6 aromatic carbocycles. The van der Waals surface area contributed by atoms with Crippen molar-refractivity contribution in [1.29, 1.82) is 0 Å². The Balaban J connectivity index is 0.898. The SMILES string of the molecule is c1cc2c3c(c1)Sc1ccc(-n4cccn4)cc1B3c1cc(-c3csc(-c4ccc5c(c4)B4c6cc(-n7cccn7)ccc6Sc6cccc(c64)S5)c3)ccc1S2. The molecule has 3 aromatic heterocycles. The third-order valence-corrected chi connectivity index (χ3v) is 17.2. The van der Waals surface area contributed by atoms with Gasteiger partial charge in [0.1, 0.15) is 0 Å². The normalized spacial score (nSPS) is 14.0. The van der Waals surface area contributed by atoms with Gasteiger partial charge in [-0.1, -0.05) is 105 Å². The quantitative estimate of drug-likeness (QED) is 0.166. The average Bonchev–Trinajstić information content (AvgIpc) is 4.08. The van der Waals surface area contributed by atoms with Crippen molar-refractivity contribution in [1.82, 2.24) is 19.6 Å². The summed E-state index contributed by atoms with van der Waals surface area (Å²) in [5.41, 5.74) is 14.3. The summed E-state index contributed by atoms with van der Waals surface area (Å²) in [7, 11) is 0. The molecule has 11 heteroatoms. The molecule has 0 saturated heterocycles. The van der Waals surface area contributed by atoms with E-state index < -0.39 is 0 Å². The van der Waals surface area contributed by atoms with Crippen LogP contribution < -0.4 is 32.8 Å². The van der Waals surface area contributed by atoms with Crippen molar-refractivity contribution in [2.45, 2.75) is 39.2 Å². The van der Waals surface area contributed by atoms with Gasteiger partial charge in [0.2, 0.25) is 13.4 Å². The topological polar surface area (TPSA) is 35.6 Å². The summed E-state index contributed by atoms with van der Waals surface area (Å²) in [6, 6.07) is 47.9. The largest absolute Gasteiger partial charge is 0.247 e. The molecule has 4 nitrogen and oxygen atoms in total. The molecule has 0 aliphatic carbocycles. The summed E-state index contributed by atoms with van der Waals surface area (Å²) in [5.74, 6) is 0. The Labute approximate surface area is 351 Å². The molecule has 0 radical (unpaired) electrons. The van der Waals surface area contributed by atoms with Gasteiger partial charge in [0, 0.05) is 68.8 Å². The van der Waals surface area contributed by atoms with E-state index in [9.17, 15) is 0 Å². The molecule has 57 heavy (non-hydrogen) atoms. The van der Waals surface area contributed by atoms with Crippen LogP contribution in [0.25, 0.3) is 32.9 Å². The number of aromatic nitrogens is 4. The summed E-state index contributed by atoms with van der Waals surface area (Å²) in [5, 5.41) is 11.5. The number of hydrogen-bond acceptors (Lipinski definition) is 7. The molecule has 266 valence electrons. The van der Waals surface area contributed by atoms with Gasteiger partial charge in [-0.05, 0) is 124 Å². The van der Waals surface area contributed by atoms with E-state index in [1.54, 1.807) is 0 Å². The molecule has 4 aliphatic rings. The fourth-order valence-electron chi connectivity index (χ4n) is 8.95. The summed E-state index contributed by atoms with van der Waals surface area (Å²) < 4.78 is 3.94. The summed E-state index contributed by atoms with van der Waals surface area (Å²) in [4.78, 5) is 12.0. The van der Waals surface area contributed by atoms with Crippen molar-refractivity contribution in [3.63, 3.8) is 0 Å². The van der Waals surface area contributed by atoms with E-state index in [4.69, 9.17) is 0 Å². The van der Waals surface area contributed by atoms with Gasteiger partial charge < -0.3 is 0 Å². The van der Waals surface area contributed by atoms with Crippen molar-refractivity contribution >= 4 is 105 Å². The Morgan fingerprint density at radius 1 is 0.404 bits per heavy atom. The summed E-state index contributed by atoms with van der Waals surface area (Å²) >= 11 is 9.44. The van der Waals surface area contributed by atoms with Gasteiger partial charge in [0.25, 0.3) is 0 Å². The van der Waals surface area contributed by atoms with Crippen LogP contribution in [0.15, 0.2) is 197 Å². The number of hydrogen-bond donors (Lipinski definition) is 0. The highest BCUT2D eigenvalue weighted by Gasteiger charge is 2.40. The highest BCUT2D eigenvalue weighted by atomic mass is 32.2.